The largest absolute Gasteiger partial charge is 0.416 e. The zero-order valence-corrected chi connectivity index (χ0v) is 35.5. The van der Waals surface area contributed by atoms with Gasteiger partial charge in [-0.25, -0.2) is 4.98 Å². The smallest absolute Gasteiger partial charge is 0.311 e. The van der Waals surface area contributed by atoms with E-state index in [0.717, 1.165) is 97.4 Å². The first-order valence-corrected chi connectivity index (χ1v) is 21.4. The number of aromatic nitrogens is 2. The Morgan fingerprint density at radius 1 is 0.313 bits per heavy atom. The topological polar surface area (TPSA) is 24.3 Å². The molecule has 9 aromatic carbocycles. The maximum Gasteiger partial charge on any atom is 0.416 e. The molecule has 0 atom stereocenters. The van der Waals surface area contributed by atoms with Crippen molar-refractivity contribution in [1.29, 1.82) is 0 Å². The van der Waals surface area contributed by atoms with Crippen LogP contribution in [0.4, 0.5) is 60.5 Å². The molecule has 0 saturated heterocycles. The van der Waals surface area contributed by atoms with Crippen LogP contribution in [-0.4, -0.2) is 9.55 Å². The van der Waals surface area contributed by atoms with E-state index in [0.29, 0.717) is 11.4 Å². The molecule has 67 heavy (non-hydrogen) atoms. The van der Waals surface area contributed by atoms with Crippen LogP contribution in [0.25, 0.3) is 50.4 Å². The number of rotatable bonds is 10. The Kier molecular flexibility index (Phi) is 11.1. The van der Waals surface area contributed by atoms with Gasteiger partial charge in [0, 0.05) is 45.4 Å². The third-order valence-corrected chi connectivity index (χ3v) is 11.7. The lowest BCUT2D eigenvalue weighted by molar-refractivity contribution is -0.138. The van der Waals surface area contributed by atoms with Crippen molar-refractivity contribution in [2.45, 2.75) is 12.4 Å². The summed E-state index contributed by atoms with van der Waals surface area (Å²) in [6.45, 7) is 0. The van der Waals surface area contributed by atoms with Crippen LogP contribution in [0.5, 0.6) is 0 Å². The van der Waals surface area contributed by atoms with Crippen LogP contribution in [0.1, 0.15) is 11.1 Å². The summed E-state index contributed by atoms with van der Waals surface area (Å²) in [5.41, 5.74) is 10.6. The molecule has 10 aromatic rings. The van der Waals surface area contributed by atoms with Gasteiger partial charge in [-0.2, -0.15) is 26.3 Å². The van der Waals surface area contributed by atoms with Gasteiger partial charge in [-0.05, 0) is 144 Å². The van der Waals surface area contributed by atoms with E-state index in [9.17, 15) is 26.3 Å². The molecule has 0 aliphatic carbocycles. The summed E-state index contributed by atoms with van der Waals surface area (Å²) in [6.07, 6.45) is -8.85. The van der Waals surface area contributed by atoms with E-state index in [2.05, 4.69) is 53.1 Å². The van der Waals surface area contributed by atoms with Crippen molar-refractivity contribution in [3.63, 3.8) is 0 Å². The highest BCUT2D eigenvalue weighted by atomic mass is 19.4. The molecule has 0 unspecified atom stereocenters. The molecule has 0 amide bonds. The molecule has 0 spiro atoms. The van der Waals surface area contributed by atoms with Crippen molar-refractivity contribution in [3.8, 4) is 39.3 Å². The lowest BCUT2D eigenvalue weighted by Gasteiger charge is -2.26. The minimum Gasteiger partial charge on any atom is -0.311 e. The SMILES string of the molecule is FC(F)(F)c1ccc(N(c2ccccc2)c2ccc(-c3ccc(-c4nc5ccccc5n4-c4ccc(-c5ccc(N(c6ccccc6)c6ccc(C(F)(F)F)cc6)cc5)cc4)cc3)cc2)cc1. The van der Waals surface area contributed by atoms with Crippen LogP contribution in [-0.2, 0) is 12.4 Å². The third kappa shape index (κ3) is 8.77. The molecule has 1 aromatic heterocycles. The van der Waals surface area contributed by atoms with Crippen molar-refractivity contribution in [2.24, 2.45) is 0 Å². The Balaban J connectivity index is 0.911. The lowest BCUT2D eigenvalue weighted by Crippen LogP contribution is -2.11. The molecule has 0 aliphatic rings. The summed E-state index contributed by atoms with van der Waals surface area (Å²) in [6, 6.07) is 69.8. The summed E-state index contributed by atoms with van der Waals surface area (Å²) >= 11 is 0. The molecule has 0 radical (unpaired) electrons. The van der Waals surface area contributed by atoms with Gasteiger partial charge in [0.05, 0.1) is 22.2 Å². The van der Waals surface area contributed by atoms with Gasteiger partial charge in [-0.15, -0.1) is 0 Å². The van der Waals surface area contributed by atoms with Crippen molar-refractivity contribution in [3.05, 3.63) is 242 Å². The molecule has 10 heteroatoms. The van der Waals surface area contributed by atoms with Crippen molar-refractivity contribution >= 4 is 45.2 Å². The Labute approximate surface area is 382 Å². The first kappa shape index (κ1) is 42.6. The second-order valence-corrected chi connectivity index (χ2v) is 15.9. The quantitative estimate of drug-likeness (QED) is 0.128. The average Bonchev–Trinajstić information content (AvgIpc) is 3.75. The summed E-state index contributed by atoms with van der Waals surface area (Å²) in [4.78, 5) is 8.93. The molecule has 0 bridgehead atoms. The van der Waals surface area contributed by atoms with E-state index in [4.69, 9.17) is 4.98 Å². The van der Waals surface area contributed by atoms with E-state index >= 15 is 0 Å². The molecule has 10 rings (SSSR count). The predicted molar refractivity (Wildman–Crippen MR) is 257 cm³/mol. The first-order valence-electron chi connectivity index (χ1n) is 21.4. The fourth-order valence-corrected chi connectivity index (χ4v) is 8.35. The second kappa shape index (κ2) is 17.5. The number of anilines is 6. The number of nitrogens with zero attached hydrogens (tertiary/aromatic N) is 4. The molecular weight excluding hydrogens is 855 g/mol. The van der Waals surface area contributed by atoms with Crippen LogP contribution in [0.3, 0.4) is 0 Å². The monoisotopic (exact) mass is 892 g/mol. The standard InChI is InChI=1S/C57H38F6N4/c58-56(59,60)44-25-35-50(36-26-44)65(46-9-3-1-4-10-46)48-29-19-40(20-30-48)39-15-17-43(18-16-39)55-64-53-13-7-8-14-54(53)67(55)52-33-23-42(24-34-52)41-21-31-49(32-22-41)66(47-11-5-2-6-12-47)51-37-27-45(28-38-51)57(61,62)63/h1-38H. The van der Waals surface area contributed by atoms with E-state index in [1.54, 1.807) is 0 Å². The van der Waals surface area contributed by atoms with Gasteiger partial charge in [0.25, 0.3) is 0 Å². The highest BCUT2D eigenvalue weighted by Crippen LogP contribution is 2.40. The Hall–Kier alpha value is -8.37. The van der Waals surface area contributed by atoms with Crippen molar-refractivity contribution < 1.29 is 26.3 Å². The second-order valence-electron chi connectivity index (χ2n) is 15.9. The summed E-state index contributed by atoms with van der Waals surface area (Å²) < 4.78 is 82.5. The fourth-order valence-electron chi connectivity index (χ4n) is 8.35. The Bertz CT molecular complexity index is 3260. The third-order valence-electron chi connectivity index (χ3n) is 11.7. The predicted octanol–water partition coefficient (Wildman–Crippen LogP) is 17.0. The highest BCUT2D eigenvalue weighted by Gasteiger charge is 2.31. The van der Waals surface area contributed by atoms with Crippen LogP contribution >= 0.6 is 0 Å². The summed E-state index contributed by atoms with van der Waals surface area (Å²) in [5, 5.41) is 0. The minimum absolute atomic E-state index is 0.607. The maximum absolute atomic E-state index is 13.4. The van der Waals surface area contributed by atoms with Crippen LogP contribution in [0, 0.1) is 0 Å². The summed E-state index contributed by atoms with van der Waals surface area (Å²) in [7, 11) is 0. The van der Waals surface area contributed by atoms with Crippen molar-refractivity contribution in [2.75, 3.05) is 9.80 Å². The first-order chi connectivity index (χ1) is 32.5. The zero-order valence-electron chi connectivity index (χ0n) is 35.5. The Morgan fingerprint density at radius 2 is 0.627 bits per heavy atom. The van der Waals surface area contributed by atoms with Gasteiger partial charge in [-0.3, -0.25) is 4.57 Å². The van der Waals surface area contributed by atoms with Gasteiger partial charge < -0.3 is 9.80 Å². The number of fused-ring (bicyclic) bond motifs is 1. The van der Waals surface area contributed by atoms with Gasteiger partial charge in [-0.1, -0.05) is 109 Å². The molecule has 0 N–H and O–H groups in total. The Morgan fingerprint density at radius 3 is 1.03 bits per heavy atom. The minimum atomic E-state index is -4.43. The maximum atomic E-state index is 13.4. The van der Waals surface area contributed by atoms with Crippen LogP contribution in [0.15, 0.2) is 231 Å². The van der Waals surface area contributed by atoms with Crippen molar-refractivity contribution in [1.82, 2.24) is 9.55 Å². The highest BCUT2D eigenvalue weighted by molar-refractivity contribution is 5.85. The molecule has 328 valence electrons. The van der Waals surface area contributed by atoms with Gasteiger partial charge in [0.1, 0.15) is 5.82 Å². The number of hydrogen-bond donors (Lipinski definition) is 0. The zero-order chi connectivity index (χ0) is 46.1. The van der Waals surface area contributed by atoms with E-state index < -0.39 is 23.5 Å². The molecule has 1 heterocycles. The molecular formula is C57H38F6N4. The molecule has 4 nitrogen and oxygen atoms in total. The number of alkyl halides is 6. The number of hydrogen-bond acceptors (Lipinski definition) is 3. The number of imidazole rings is 1. The van der Waals surface area contributed by atoms with Crippen LogP contribution < -0.4 is 9.80 Å². The number of halogens is 6. The molecule has 0 aliphatic heterocycles. The number of para-hydroxylation sites is 4. The average molecular weight is 893 g/mol. The van der Waals surface area contributed by atoms with E-state index in [1.165, 1.54) is 24.3 Å². The van der Waals surface area contributed by atoms with E-state index in [-0.39, 0.29) is 0 Å². The number of benzene rings is 9. The molecule has 0 fully saturated rings. The van der Waals surface area contributed by atoms with Crippen LogP contribution in [0.2, 0.25) is 0 Å². The summed E-state index contributed by atoms with van der Waals surface area (Å²) in [5.74, 6) is 0.777. The van der Waals surface area contributed by atoms with Gasteiger partial charge in [0.2, 0.25) is 0 Å². The normalized spacial score (nSPS) is 11.7. The molecule has 0 saturated carbocycles. The van der Waals surface area contributed by atoms with Gasteiger partial charge >= 0.3 is 12.4 Å². The van der Waals surface area contributed by atoms with E-state index in [1.807, 2.05) is 143 Å². The van der Waals surface area contributed by atoms with Gasteiger partial charge in [0.15, 0.2) is 0 Å². The fraction of sp³-hybridized carbons (Fsp3) is 0.0351. The lowest BCUT2D eigenvalue weighted by atomic mass is 10.0.